The molecule has 0 aliphatic carbocycles. The second-order valence-corrected chi connectivity index (χ2v) is 4.56. The van der Waals surface area contributed by atoms with Crippen molar-refractivity contribution in [3.63, 3.8) is 0 Å². The van der Waals surface area contributed by atoms with E-state index in [1.165, 1.54) is 0 Å². The molecule has 0 spiro atoms. The van der Waals surface area contributed by atoms with Crippen molar-refractivity contribution in [1.29, 1.82) is 0 Å². The SMILES string of the molecule is Cc1cccc(N)c1C(=O)N1CCC(O)CC1. The van der Waals surface area contributed by atoms with Crippen molar-refractivity contribution in [2.24, 2.45) is 0 Å². The zero-order valence-corrected chi connectivity index (χ0v) is 10.0. The van der Waals surface area contributed by atoms with Gasteiger partial charge in [0.25, 0.3) is 5.91 Å². The van der Waals surface area contributed by atoms with E-state index in [-0.39, 0.29) is 12.0 Å². The van der Waals surface area contributed by atoms with Gasteiger partial charge in [-0.2, -0.15) is 0 Å². The lowest BCUT2D eigenvalue weighted by molar-refractivity contribution is 0.0547. The molecule has 1 aliphatic rings. The molecule has 1 aliphatic heterocycles. The minimum absolute atomic E-state index is 0.0208. The molecule has 4 heteroatoms. The highest BCUT2D eigenvalue weighted by Crippen LogP contribution is 2.21. The largest absolute Gasteiger partial charge is 0.398 e. The summed E-state index contributed by atoms with van der Waals surface area (Å²) >= 11 is 0. The number of carbonyl (C=O) groups is 1. The summed E-state index contributed by atoms with van der Waals surface area (Å²) in [4.78, 5) is 14.1. The number of anilines is 1. The minimum atomic E-state index is -0.270. The molecule has 2 rings (SSSR count). The Morgan fingerprint density at radius 3 is 2.65 bits per heavy atom. The number of likely N-dealkylation sites (tertiary alicyclic amines) is 1. The number of nitrogens with zero attached hydrogens (tertiary/aromatic N) is 1. The number of aliphatic hydroxyl groups excluding tert-OH is 1. The van der Waals surface area contributed by atoms with Gasteiger partial charge in [-0.25, -0.2) is 0 Å². The Morgan fingerprint density at radius 2 is 2.06 bits per heavy atom. The molecule has 1 amide bonds. The summed E-state index contributed by atoms with van der Waals surface area (Å²) in [6.45, 7) is 3.10. The maximum atomic E-state index is 12.3. The van der Waals surface area contributed by atoms with Crippen molar-refractivity contribution in [1.82, 2.24) is 4.90 Å². The lowest BCUT2D eigenvalue weighted by Gasteiger charge is -2.30. The molecule has 1 aromatic rings. The van der Waals surface area contributed by atoms with Gasteiger partial charge >= 0.3 is 0 Å². The van der Waals surface area contributed by atoms with E-state index in [4.69, 9.17) is 5.73 Å². The Labute approximate surface area is 101 Å². The van der Waals surface area contributed by atoms with E-state index in [9.17, 15) is 9.90 Å². The molecule has 0 aromatic heterocycles. The fourth-order valence-corrected chi connectivity index (χ4v) is 2.21. The minimum Gasteiger partial charge on any atom is -0.398 e. The van der Waals surface area contributed by atoms with Crippen LogP contribution >= 0.6 is 0 Å². The number of hydrogen-bond acceptors (Lipinski definition) is 3. The van der Waals surface area contributed by atoms with Crippen LogP contribution in [0.5, 0.6) is 0 Å². The van der Waals surface area contributed by atoms with Crippen LogP contribution in [0.15, 0.2) is 18.2 Å². The van der Waals surface area contributed by atoms with Gasteiger partial charge in [-0.15, -0.1) is 0 Å². The van der Waals surface area contributed by atoms with Crippen molar-refractivity contribution >= 4 is 11.6 Å². The molecule has 1 saturated heterocycles. The molecule has 1 fully saturated rings. The predicted octanol–water partition coefficient (Wildman–Crippen LogP) is 1.17. The van der Waals surface area contributed by atoms with Crippen LogP contribution in [0.25, 0.3) is 0 Å². The molecule has 0 unspecified atom stereocenters. The van der Waals surface area contributed by atoms with Crippen LogP contribution in [0.3, 0.4) is 0 Å². The third-order valence-electron chi connectivity index (χ3n) is 3.27. The van der Waals surface area contributed by atoms with Crippen LogP contribution in [0.2, 0.25) is 0 Å². The van der Waals surface area contributed by atoms with Crippen LogP contribution in [-0.4, -0.2) is 35.1 Å². The summed E-state index contributed by atoms with van der Waals surface area (Å²) in [6, 6.07) is 5.49. The first-order chi connectivity index (χ1) is 8.09. The van der Waals surface area contributed by atoms with E-state index in [2.05, 4.69) is 0 Å². The van der Waals surface area contributed by atoms with Gasteiger partial charge < -0.3 is 15.7 Å². The number of amides is 1. The third-order valence-corrected chi connectivity index (χ3v) is 3.27. The number of hydrogen-bond donors (Lipinski definition) is 2. The van der Waals surface area contributed by atoms with Gasteiger partial charge in [0.1, 0.15) is 0 Å². The first-order valence-electron chi connectivity index (χ1n) is 5.92. The lowest BCUT2D eigenvalue weighted by Crippen LogP contribution is -2.40. The summed E-state index contributed by atoms with van der Waals surface area (Å²) in [5.41, 5.74) is 7.89. The Balaban J connectivity index is 2.20. The molecule has 1 aromatic carbocycles. The first kappa shape index (κ1) is 11.9. The van der Waals surface area contributed by atoms with Crippen LogP contribution in [0, 0.1) is 6.92 Å². The van der Waals surface area contributed by atoms with Crippen LogP contribution < -0.4 is 5.73 Å². The summed E-state index contributed by atoms with van der Waals surface area (Å²) in [5.74, 6) is -0.0208. The summed E-state index contributed by atoms with van der Waals surface area (Å²) in [7, 11) is 0. The van der Waals surface area contributed by atoms with Crippen molar-refractivity contribution in [2.75, 3.05) is 18.8 Å². The number of carbonyl (C=O) groups excluding carboxylic acids is 1. The van der Waals surface area contributed by atoms with Gasteiger partial charge in [0.15, 0.2) is 0 Å². The topological polar surface area (TPSA) is 66.6 Å². The first-order valence-corrected chi connectivity index (χ1v) is 5.92. The number of aliphatic hydroxyl groups is 1. The molecular formula is C13H18N2O2. The van der Waals surface area contributed by atoms with E-state index < -0.39 is 0 Å². The summed E-state index contributed by atoms with van der Waals surface area (Å²) < 4.78 is 0. The van der Waals surface area contributed by atoms with Crippen LogP contribution in [0.1, 0.15) is 28.8 Å². The second kappa shape index (κ2) is 4.75. The quantitative estimate of drug-likeness (QED) is 0.717. The van der Waals surface area contributed by atoms with Gasteiger partial charge in [-0.05, 0) is 31.4 Å². The van der Waals surface area contributed by atoms with E-state index >= 15 is 0 Å². The molecule has 4 nitrogen and oxygen atoms in total. The molecular weight excluding hydrogens is 216 g/mol. The molecule has 0 atom stereocenters. The number of nitrogen functional groups attached to an aromatic ring is 1. The Hall–Kier alpha value is -1.55. The average Bonchev–Trinajstić information content (AvgIpc) is 2.29. The fourth-order valence-electron chi connectivity index (χ4n) is 2.21. The van der Waals surface area contributed by atoms with Crippen molar-refractivity contribution in [2.45, 2.75) is 25.9 Å². The third kappa shape index (κ3) is 2.42. The molecule has 92 valence electrons. The highest BCUT2D eigenvalue weighted by molar-refractivity contribution is 6.00. The van der Waals surface area contributed by atoms with Crippen molar-refractivity contribution < 1.29 is 9.90 Å². The van der Waals surface area contributed by atoms with E-state index in [0.29, 0.717) is 37.2 Å². The fraction of sp³-hybridized carbons (Fsp3) is 0.462. The van der Waals surface area contributed by atoms with Crippen LogP contribution in [0.4, 0.5) is 5.69 Å². The maximum absolute atomic E-state index is 12.3. The standard InChI is InChI=1S/C13H18N2O2/c1-9-3-2-4-11(14)12(9)13(17)15-7-5-10(16)6-8-15/h2-4,10,16H,5-8,14H2,1H3. The van der Waals surface area contributed by atoms with E-state index in [0.717, 1.165) is 5.56 Å². The molecule has 17 heavy (non-hydrogen) atoms. The van der Waals surface area contributed by atoms with Crippen molar-refractivity contribution in [3.05, 3.63) is 29.3 Å². The maximum Gasteiger partial charge on any atom is 0.256 e. The molecule has 1 heterocycles. The van der Waals surface area contributed by atoms with Gasteiger partial charge in [-0.1, -0.05) is 12.1 Å². The Kier molecular flexibility index (Phi) is 3.33. The van der Waals surface area contributed by atoms with Gasteiger partial charge in [-0.3, -0.25) is 4.79 Å². The van der Waals surface area contributed by atoms with Gasteiger partial charge in [0.05, 0.1) is 11.7 Å². The summed E-state index contributed by atoms with van der Waals surface area (Å²) in [6.07, 6.45) is 1.03. The molecule has 0 saturated carbocycles. The van der Waals surface area contributed by atoms with Gasteiger partial charge in [0, 0.05) is 18.8 Å². The molecule has 0 radical (unpaired) electrons. The highest BCUT2D eigenvalue weighted by Gasteiger charge is 2.24. The van der Waals surface area contributed by atoms with E-state index in [1.807, 2.05) is 19.1 Å². The number of rotatable bonds is 1. The van der Waals surface area contributed by atoms with Crippen LogP contribution in [-0.2, 0) is 0 Å². The summed E-state index contributed by atoms with van der Waals surface area (Å²) in [5, 5.41) is 9.43. The Bertz CT molecular complexity index is 403. The normalized spacial score (nSPS) is 17.2. The van der Waals surface area contributed by atoms with Crippen molar-refractivity contribution in [3.8, 4) is 0 Å². The number of nitrogens with two attached hydrogens (primary N) is 1. The average molecular weight is 234 g/mol. The Morgan fingerprint density at radius 1 is 1.41 bits per heavy atom. The number of piperidine rings is 1. The van der Waals surface area contributed by atoms with E-state index in [1.54, 1.807) is 11.0 Å². The molecule has 3 N–H and O–H groups in total. The zero-order valence-electron chi connectivity index (χ0n) is 10.0. The lowest BCUT2D eigenvalue weighted by atomic mass is 10.0. The van der Waals surface area contributed by atoms with Gasteiger partial charge in [0.2, 0.25) is 0 Å². The number of aryl methyl sites for hydroxylation is 1. The highest BCUT2D eigenvalue weighted by atomic mass is 16.3. The second-order valence-electron chi connectivity index (χ2n) is 4.56. The smallest absolute Gasteiger partial charge is 0.256 e. The zero-order chi connectivity index (χ0) is 12.4. The number of benzene rings is 1. The monoisotopic (exact) mass is 234 g/mol. The predicted molar refractivity (Wildman–Crippen MR) is 66.7 cm³/mol. The molecule has 0 bridgehead atoms.